The minimum Gasteiger partial charge on any atom is -0.508 e. The number of nitrogens with one attached hydrogen (secondary N) is 15. The first-order valence-corrected chi connectivity index (χ1v) is 46.9. The van der Waals surface area contributed by atoms with Crippen molar-refractivity contribution in [1.29, 1.82) is 0 Å². The molecule has 1 fully saturated rings. The smallest absolute Gasteiger partial charge is 0.326 e. The number of hydrogen-bond donors (Lipinski definition) is 29. The number of carboxylic acids is 2. The van der Waals surface area contributed by atoms with Gasteiger partial charge in [0.15, 0.2) is 0 Å². The summed E-state index contributed by atoms with van der Waals surface area (Å²) < 4.78 is 0. The molecule has 1 aliphatic heterocycles. The molecule has 754 valence electrons. The predicted molar refractivity (Wildman–Crippen MR) is 504 cm³/mol. The van der Waals surface area contributed by atoms with Crippen LogP contribution in [0.2, 0.25) is 0 Å². The molecule has 15 atom stereocenters. The number of carbonyl (C=O) groups is 20. The molecular weight excluding hydrogens is 1850 g/mol. The normalized spacial score (nSPS) is 15.3. The average molecular weight is 1980 g/mol. The van der Waals surface area contributed by atoms with Crippen LogP contribution in [0.5, 0.6) is 11.5 Å². The molecule has 137 heavy (non-hydrogen) atoms. The molecule has 34 N–H and O–H groups in total. The van der Waals surface area contributed by atoms with E-state index in [1.54, 1.807) is 30.5 Å². The fraction of sp³-hybridized carbons (Fsp3) is 0.535. The molecule has 18 amide bonds. The summed E-state index contributed by atoms with van der Waals surface area (Å²) in [5.74, 6) is -23.4. The van der Waals surface area contributed by atoms with E-state index in [4.69, 9.17) is 40.1 Å². The van der Waals surface area contributed by atoms with Crippen LogP contribution in [-0.4, -0.2) is 307 Å². The largest absolute Gasteiger partial charge is 0.508 e. The molecule has 0 spiro atoms. The molecule has 0 radical (unpaired) electrons. The van der Waals surface area contributed by atoms with Gasteiger partial charge in [0.05, 0.1) is 32.0 Å². The van der Waals surface area contributed by atoms with E-state index in [-0.39, 0.29) is 104 Å². The van der Waals surface area contributed by atoms with E-state index in [1.807, 2.05) is 0 Å². The minimum absolute atomic E-state index is 0.0377. The molecule has 0 aliphatic carbocycles. The summed E-state index contributed by atoms with van der Waals surface area (Å²) in [5.41, 5.74) is 41.2. The van der Waals surface area contributed by atoms with E-state index in [2.05, 4.69) is 105 Å². The number of thiol groups is 2. The lowest BCUT2D eigenvalue weighted by Crippen LogP contribution is -2.62. The van der Waals surface area contributed by atoms with Gasteiger partial charge in [-0.3, -0.25) is 91.1 Å². The summed E-state index contributed by atoms with van der Waals surface area (Å²) >= 11 is 9.42. The Hall–Kier alpha value is -12.9. The number of hydrogen-bond acceptors (Lipinski definition) is 30. The van der Waals surface area contributed by atoms with Crippen LogP contribution in [-0.2, 0) is 115 Å². The minimum atomic E-state index is -2.02. The molecule has 0 unspecified atom stereocenters. The number of thioether (sulfide) groups is 1. The second kappa shape index (κ2) is 59.8. The monoisotopic (exact) mass is 1980 g/mol. The number of benzene rings is 3. The summed E-state index contributed by atoms with van der Waals surface area (Å²) in [4.78, 5) is 281. The number of aliphatic hydroxyl groups is 1. The van der Waals surface area contributed by atoms with Gasteiger partial charge in [0.1, 0.15) is 96.1 Å². The number of phenols is 2. The Balaban J connectivity index is 1.44. The third-order valence-corrected chi connectivity index (χ3v) is 23.2. The standard InChI is InChI=1S/C86H127N23O25S3/c1-137-34-29-55(99-77(124)59(36-46-19-23-49(112)24-20-46)103-81(128)63(42-110)107-80(127)62(39-71(117)118)106-83(130)65(44-136)108-72(119)51(90)12-4-7-30-87)75(122)105-61(38-69(93)115)79(126)104-60(37-47-40-94-52-13-3-2-11-50(47)52)78(125)102-58(35-45-17-21-48(111)22-18-45)76(123)98-53(25-27-67(91)113)73(120)97-54(26-28-68(92)114)74(121)100-56(14-5-8-31-88)85(132)109-33-10-16-66(109)84(131)95-41-70(116)96-64(43-135)82(129)101-57(86(133)134)15-6-9-32-89/h2-3,11,13,17-24,40,51,53-66,94,110-112,135-136H,4-10,12,14-16,25-39,41-44,87-90H2,1H3,(H2,91,113)(H2,92,114)(H2,93,115)(H,95,131)(H,96,116)(H,97,120)(H,98,123)(H,99,124)(H,100,121)(H,101,129)(H,102,125)(H,103,128)(H,104,126)(H,105,122)(H,106,130)(H,107,127)(H,108,119)(H,117,118)(H,133,134)/t51-,53-,54-,55-,56-,57-,58-,59-,60-,61-,62-,63-,64-,65-,66-/m0/s1. The summed E-state index contributed by atoms with van der Waals surface area (Å²) in [6.07, 6.45) is -0.238. The summed E-state index contributed by atoms with van der Waals surface area (Å²) in [7, 11) is 0. The van der Waals surface area contributed by atoms with Crippen molar-refractivity contribution in [3.8, 4) is 11.5 Å². The van der Waals surface area contributed by atoms with E-state index in [0.29, 0.717) is 55.1 Å². The SMILES string of the molecule is CSCC[C@H](NC(=O)[C@H](Cc1ccc(O)cc1)NC(=O)[C@H](CO)NC(=O)[C@H](CC(=O)O)NC(=O)[C@H](CS)NC(=O)[C@@H](N)CCCCN)C(=O)N[C@@H](CC(N)=O)C(=O)N[C@@H](Cc1c[nH]c2ccccc12)C(=O)N[C@@H](Cc1ccc(O)cc1)C(=O)N[C@@H](CCC(N)=O)C(=O)N[C@@H](CCC(N)=O)C(=O)N[C@@H](CCCCN)C(=O)N1CCC[C@H]1C(=O)NCC(=O)N[C@@H](CS)C(=O)N[C@@H](CCCCN)C(=O)O. The first-order valence-electron chi connectivity index (χ1n) is 44.3. The van der Waals surface area contributed by atoms with Crippen LogP contribution >= 0.6 is 37.0 Å². The Labute approximate surface area is 803 Å². The van der Waals surface area contributed by atoms with Crippen LogP contribution in [0.15, 0.2) is 79.0 Å². The number of primary amides is 3. The Morgan fingerprint density at radius 3 is 1.30 bits per heavy atom. The van der Waals surface area contributed by atoms with Crippen molar-refractivity contribution in [2.45, 2.75) is 225 Å². The van der Waals surface area contributed by atoms with Gasteiger partial charge in [0.2, 0.25) is 106 Å². The van der Waals surface area contributed by atoms with Gasteiger partial charge in [-0.25, -0.2) is 4.79 Å². The van der Waals surface area contributed by atoms with Crippen LogP contribution in [0.4, 0.5) is 0 Å². The molecule has 1 aliphatic rings. The number of aromatic hydroxyl groups is 2. The van der Waals surface area contributed by atoms with Gasteiger partial charge in [0, 0.05) is 67.3 Å². The first-order chi connectivity index (χ1) is 65.2. The zero-order valence-electron chi connectivity index (χ0n) is 75.6. The lowest BCUT2D eigenvalue weighted by atomic mass is 10.0. The van der Waals surface area contributed by atoms with Crippen molar-refractivity contribution in [2.75, 3.05) is 62.8 Å². The number of nitrogens with zero attached hydrogens (tertiary/aromatic N) is 1. The predicted octanol–water partition coefficient (Wildman–Crippen LogP) is -7.70. The number of aromatic nitrogens is 1. The summed E-state index contributed by atoms with van der Waals surface area (Å²) in [5, 5.41) is 85.0. The average Bonchev–Trinajstić information content (AvgIpc) is 1.71. The highest BCUT2D eigenvalue weighted by Gasteiger charge is 2.42. The van der Waals surface area contributed by atoms with Gasteiger partial charge in [-0.15, -0.1) is 0 Å². The van der Waals surface area contributed by atoms with E-state index < -0.39 is 280 Å². The maximum Gasteiger partial charge on any atom is 0.326 e. The van der Waals surface area contributed by atoms with Gasteiger partial charge < -0.3 is 150 Å². The topological polar surface area (TPSA) is 812 Å². The van der Waals surface area contributed by atoms with Gasteiger partial charge in [-0.1, -0.05) is 48.9 Å². The lowest BCUT2D eigenvalue weighted by molar-refractivity contribution is -0.142. The van der Waals surface area contributed by atoms with Crippen LogP contribution in [0, 0.1) is 0 Å². The second-order valence-electron chi connectivity index (χ2n) is 32.5. The molecule has 4 aromatic rings. The van der Waals surface area contributed by atoms with E-state index >= 15 is 14.4 Å². The number of H-pyrrole nitrogens is 1. The van der Waals surface area contributed by atoms with Crippen LogP contribution < -0.4 is 115 Å². The maximum atomic E-state index is 15.4. The number of aliphatic carboxylic acids is 2. The third kappa shape index (κ3) is 39.7. The number of nitrogens with two attached hydrogens (primary N) is 7. The zero-order valence-corrected chi connectivity index (χ0v) is 78.2. The number of aliphatic hydroxyl groups excluding tert-OH is 1. The number of likely N-dealkylation sites (tertiary alicyclic amines) is 1. The molecule has 1 aromatic heterocycles. The molecule has 51 heteroatoms. The number of unbranched alkanes of at least 4 members (excludes halogenated alkanes) is 3. The number of carboxylic acid groups (broad SMARTS) is 2. The number of para-hydroxylation sites is 1. The quantitative estimate of drug-likeness (QED) is 0.0144. The highest BCUT2D eigenvalue weighted by molar-refractivity contribution is 7.98. The lowest BCUT2D eigenvalue weighted by Gasteiger charge is -2.30. The maximum absolute atomic E-state index is 15.4. The molecule has 1 saturated heterocycles. The number of aromatic amines is 1. The van der Waals surface area contributed by atoms with Crippen LogP contribution in [0.3, 0.4) is 0 Å². The number of carbonyl (C=O) groups excluding carboxylic acids is 18. The van der Waals surface area contributed by atoms with E-state index in [1.165, 1.54) is 66.5 Å². The van der Waals surface area contributed by atoms with E-state index in [9.17, 15) is 107 Å². The molecule has 2 heterocycles. The van der Waals surface area contributed by atoms with Crippen LogP contribution in [0.1, 0.15) is 132 Å². The number of amides is 18. The van der Waals surface area contributed by atoms with Gasteiger partial charge >= 0.3 is 11.9 Å². The number of fused-ring (bicyclic) bond motifs is 1. The second-order valence-corrected chi connectivity index (χ2v) is 34.2. The van der Waals surface area contributed by atoms with Crippen molar-refractivity contribution < 1.29 is 121 Å². The molecule has 0 bridgehead atoms. The highest BCUT2D eigenvalue weighted by atomic mass is 32.2. The number of rotatable bonds is 64. The van der Waals surface area contributed by atoms with Crippen molar-refractivity contribution in [3.63, 3.8) is 0 Å². The first kappa shape index (κ1) is 115. The van der Waals surface area contributed by atoms with E-state index in [0.717, 1.165) is 4.90 Å². The summed E-state index contributed by atoms with van der Waals surface area (Å²) in [6.45, 7) is -1.25. The van der Waals surface area contributed by atoms with Crippen molar-refractivity contribution in [3.05, 3.63) is 95.7 Å². The fourth-order valence-electron chi connectivity index (χ4n) is 14.3. The fourth-order valence-corrected chi connectivity index (χ4v) is 15.3. The molecule has 48 nitrogen and oxygen atoms in total. The van der Waals surface area contributed by atoms with Gasteiger partial charge in [0.25, 0.3) is 0 Å². The summed E-state index contributed by atoms with van der Waals surface area (Å²) in [6, 6.07) is -7.70. The zero-order chi connectivity index (χ0) is 102. The van der Waals surface area contributed by atoms with Crippen LogP contribution in [0.25, 0.3) is 10.9 Å². The van der Waals surface area contributed by atoms with Gasteiger partial charge in [-0.2, -0.15) is 37.0 Å². The Morgan fingerprint density at radius 2 is 0.839 bits per heavy atom. The molecule has 5 rings (SSSR count). The van der Waals surface area contributed by atoms with Crippen molar-refractivity contribution in [2.24, 2.45) is 40.1 Å². The molecule has 3 aromatic carbocycles. The molecular formula is C86H127N23O25S3. The Morgan fingerprint density at radius 1 is 0.445 bits per heavy atom. The Bertz CT molecular complexity index is 4810. The molecule has 0 saturated carbocycles. The van der Waals surface area contributed by atoms with Crippen molar-refractivity contribution in [1.82, 2.24) is 84.3 Å². The number of phenolic OH excluding ortho intramolecular Hbond substituents is 2. The van der Waals surface area contributed by atoms with Gasteiger partial charge in [-0.05, 0) is 162 Å². The van der Waals surface area contributed by atoms with Crippen molar-refractivity contribution >= 4 is 166 Å². The third-order valence-electron chi connectivity index (χ3n) is 21.8. The Kier molecular flexibility index (Phi) is 50.0. The highest BCUT2D eigenvalue weighted by Crippen LogP contribution is 2.24.